The van der Waals surface area contributed by atoms with Crippen molar-refractivity contribution in [1.29, 1.82) is 0 Å². The molecule has 3 unspecified atom stereocenters. The number of nitrogens with one attached hydrogen (secondary N) is 1. The summed E-state index contributed by atoms with van der Waals surface area (Å²) in [5, 5.41) is 3.39. The normalized spacial score (nSPS) is 22.1. The minimum atomic E-state index is -0.918. The highest BCUT2D eigenvalue weighted by Gasteiger charge is 2.48. The summed E-state index contributed by atoms with van der Waals surface area (Å²) in [6.07, 6.45) is 1.94. The van der Waals surface area contributed by atoms with E-state index in [1.54, 1.807) is 13.8 Å². The molecule has 7 nitrogen and oxygen atoms in total. The average Bonchev–Trinajstić information content (AvgIpc) is 2.79. The molecular formula is C27H35NO6. The van der Waals surface area contributed by atoms with Crippen molar-refractivity contribution in [2.24, 2.45) is 11.8 Å². The molecule has 0 fully saturated rings. The van der Waals surface area contributed by atoms with E-state index in [0.29, 0.717) is 41.9 Å². The molecule has 1 aliphatic carbocycles. The van der Waals surface area contributed by atoms with Crippen LogP contribution in [-0.2, 0) is 23.9 Å². The summed E-state index contributed by atoms with van der Waals surface area (Å²) < 4.78 is 16.6. The van der Waals surface area contributed by atoms with E-state index >= 15 is 0 Å². The number of benzene rings is 1. The molecule has 184 valence electrons. The van der Waals surface area contributed by atoms with Crippen molar-refractivity contribution in [2.75, 3.05) is 19.8 Å². The molecule has 1 heterocycles. The van der Waals surface area contributed by atoms with Gasteiger partial charge in [0.2, 0.25) is 0 Å². The second-order valence-corrected chi connectivity index (χ2v) is 8.56. The van der Waals surface area contributed by atoms with Crippen molar-refractivity contribution in [3.05, 3.63) is 52.4 Å². The zero-order valence-corrected chi connectivity index (χ0v) is 20.7. The number of allylic oxidation sites excluding steroid dienone is 3. The Labute approximate surface area is 201 Å². The van der Waals surface area contributed by atoms with E-state index in [9.17, 15) is 14.4 Å². The number of ketones is 1. The molecule has 0 amide bonds. The third-order valence-electron chi connectivity index (χ3n) is 6.24. The van der Waals surface area contributed by atoms with E-state index in [4.69, 9.17) is 14.2 Å². The van der Waals surface area contributed by atoms with Crippen LogP contribution in [0.25, 0.3) is 0 Å². The average molecular weight is 470 g/mol. The summed E-state index contributed by atoms with van der Waals surface area (Å²) in [5.74, 6) is -2.55. The lowest BCUT2D eigenvalue weighted by molar-refractivity contribution is -0.153. The van der Waals surface area contributed by atoms with Crippen LogP contribution in [0.4, 0.5) is 0 Å². The first kappa shape index (κ1) is 25.5. The Morgan fingerprint density at radius 3 is 2.38 bits per heavy atom. The van der Waals surface area contributed by atoms with Crippen LogP contribution in [0.3, 0.4) is 0 Å². The molecule has 0 aromatic heterocycles. The Morgan fingerprint density at radius 1 is 1.03 bits per heavy atom. The number of hydrogen-bond donors (Lipinski definition) is 1. The molecule has 0 spiro atoms. The second kappa shape index (κ2) is 11.4. The van der Waals surface area contributed by atoms with Crippen LogP contribution in [0, 0.1) is 11.8 Å². The van der Waals surface area contributed by atoms with Crippen LogP contribution in [0.1, 0.15) is 65.4 Å². The SMILES string of the molecule is CCCC1=C(C(=O)OCC)C(c2ccccc2OCC)C2=C(CC(C)C(C(=O)OCC)C2=O)N1. The highest BCUT2D eigenvalue weighted by molar-refractivity contribution is 6.12. The molecule has 3 rings (SSSR count). The smallest absolute Gasteiger partial charge is 0.336 e. The van der Waals surface area contributed by atoms with Crippen molar-refractivity contribution in [3.63, 3.8) is 0 Å². The second-order valence-electron chi connectivity index (χ2n) is 8.56. The van der Waals surface area contributed by atoms with E-state index in [2.05, 4.69) is 5.32 Å². The monoisotopic (exact) mass is 469 g/mol. The van der Waals surface area contributed by atoms with Crippen LogP contribution in [-0.4, -0.2) is 37.5 Å². The Balaban J connectivity index is 2.26. The maximum atomic E-state index is 13.9. The molecule has 0 radical (unpaired) electrons. The quantitative estimate of drug-likeness (QED) is 0.422. The fraction of sp³-hybridized carbons (Fsp3) is 0.519. The highest BCUT2D eigenvalue weighted by Crippen LogP contribution is 2.48. The number of Topliss-reactive ketones (excluding diaryl/α,β-unsaturated/α-hetero) is 1. The molecule has 0 bridgehead atoms. The molecule has 0 saturated heterocycles. The van der Waals surface area contributed by atoms with Crippen molar-refractivity contribution in [3.8, 4) is 5.75 Å². The number of hydrogen-bond acceptors (Lipinski definition) is 7. The maximum absolute atomic E-state index is 13.9. The first-order chi connectivity index (χ1) is 16.4. The van der Waals surface area contributed by atoms with Crippen molar-refractivity contribution >= 4 is 17.7 Å². The van der Waals surface area contributed by atoms with Gasteiger partial charge in [-0.1, -0.05) is 38.5 Å². The van der Waals surface area contributed by atoms with Crippen molar-refractivity contribution < 1.29 is 28.6 Å². The Kier molecular flexibility index (Phi) is 8.53. The lowest BCUT2D eigenvalue weighted by atomic mass is 9.68. The predicted octanol–water partition coefficient (Wildman–Crippen LogP) is 4.43. The number of ether oxygens (including phenoxy) is 3. The third kappa shape index (κ3) is 4.88. The first-order valence-electron chi connectivity index (χ1n) is 12.2. The predicted molar refractivity (Wildman–Crippen MR) is 128 cm³/mol. The minimum absolute atomic E-state index is 0.199. The van der Waals surface area contributed by atoms with Gasteiger partial charge in [-0.2, -0.15) is 0 Å². The van der Waals surface area contributed by atoms with Crippen LogP contribution in [0.5, 0.6) is 5.75 Å². The van der Waals surface area contributed by atoms with E-state index in [1.165, 1.54) is 0 Å². The van der Waals surface area contributed by atoms with Crippen LogP contribution in [0.15, 0.2) is 46.8 Å². The Morgan fingerprint density at radius 2 is 1.74 bits per heavy atom. The minimum Gasteiger partial charge on any atom is -0.494 e. The molecule has 1 aromatic rings. The molecule has 3 atom stereocenters. The summed E-state index contributed by atoms with van der Waals surface area (Å²) in [5.41, 5.74) is 3.04. The van der Waals surface area contributed by atoms with Gasteiger partial charge in [0.25, 0.3) is 0 Å². The van der Waals surface area contributed by atoms with E-state index in [1.807, 2.05) is 45.0 Å². The van der Waals surface area contributed by atoms with Crippen molar-refractivity contribution in [1.82, 2.24) is 5.32 Å². The fourth-order valence-electron chi connectivity index (χ4n) is 4.91. The Bertz CT molecular complexity index is 1010. The Hall–Kier alpha value is -3.09. The molecule has 1 aliphatic heterocycles. The number of para-hydroxylation sites is 1. The molecule has 0 saturated carbocycles. The van der Waals surface area contributed by atoms with Gasteiger partial charge in [0.05, 0.1) is 31.3 Å². The summed E-state index contributed by atoms with van der Waals surface area (Å²) in [4.78, 5) is 40.0. The summed E-state index contributed by atoms with van der Waals surface area (Å²) >= 11 is 0. The highest BCUT2D eigenvalue weighted by atomic mass is 16.5. The standard InChI is InChI=1S/C27H35NO6/c1-6-12-18-24(27(31)34-9-4)22(17-13-10-11-14-20(17)32-7-2)23-19(28-18)15-16(5)21(25(23)29)26(30)33-8-3/h10-11,13-14,16,21-22,28H,6-9,12,15H2,1-5H3. The number of esters is 2. The van der Waals surface area contributed by atoms with Gasteiger partial charge >= 0.3 is 11.9 Å². The number of rotatable bonds is 9. The number of dihydropyridines is 1. The van der Waals surface area contributed by atoms with Crippen LogP contribution in [0.2, 0.25) is 0 Å². The molecule has 1 aromatic carbocycles. The topological polar surface area (TPSA) is 90.9 Å². The van der Waals surface area contributed by atoms with Gasteiger partial charge in [-0.3, -0.25) is 9.59 Å². The number of carbonyl (C=O) groups excluding carboxylic acids is 3. The summed E-state index contributed by atoms with van der Waals surface area (Å²) in [7, 11) is 0. The number of carbonyl (C=O) groups is 3. The van der Waals surface area contributed by atoms with Gasteiger partial charge in [-0.15, -0.1) is 0 Å². The van der Waals surface area contributed by atoms with E-state index < -0.39 is 23.8 Å². The van der Waals surface area contributed by atoms with Crippen molar-refractivity contribution in [2.45, 2.75) is 59.8 Å². The summed E-state index contributed by atoms with van der Waals surface area (Å²) in [6.45, 7) is 10.1. The fourth-order valence-corrected chi connectivity index (χ4v) is 4.91. The van der Waals surface area contributed by atoms with Crippen LogP contribution < -0.4 is 10.1 Å². The zero-order chi connectivity index (χ0) is 24.8. The lowest BCUT2D eigenvalue weighted by Gasteiger charge is -2.39. The van der Waals surface area contributed by atoms with Gasteiger partial charge in [-0.25, -0.2) is 4.79 Å². The van der Waals surface area contributed by atoms with Gasteiger partial charge < -0.3 is 19.5 Å². The molecular weight excluding hydrogens is 434 g/mol. The van der Waals surface area contributed by atoms with E-state index in [0.717, 1.165) is 17.8 Å². The van der Waals surface area contributed by atoms with Crippen LogP contribution >= 0.6 is 0 Å². The first-order valence-corrected chi connectivity index (χ1v) is 12.2. The third-order valence-corrected chi connectivity index (χ3v) is 6.24. The van der Waals surface area contributed by atoms with Gasteiger partial charge in [0.15, 0.2) is 5.78 Å². The molecule has 1 N–H and O–H groups in total. The van der Waals surface area contributed by atoms with Gasteiger partial charge in [0, 0.05) is 22.5 Å². The molecule has 7 heteroatoms. The molecule has 2 aliphatic rings. The lowest BCUT2D eigenvalue weighted by Crippen LogP contribution is -2.43. The van der Waals surface area contributed by atoms with E-state index in [-0.39, 0.29) is 24.9 Å². The summed E-state index contributed by atoms with van der Waals surface area (Å²) in [6, 6.07) is 7.43. The largest absolute Gasteiger partial charge is 0.494 e. The van der Waals surface area contributed by atoms with Gasteiger partial charge in [-0.05, 0) is 45.6 Å². The maximum Gasteiger partial charge on any atom is 0.336 e. The molecule has 34 heavy (non-hydrogen) atoms. The van der Waals surface area contributed by atoms with Gasteiger partial charge in [0.1, 0.15) is 11.7 Å². The zero-order valence-electron chi connectivity index (χ0n) is 20.7.